The number of rotatable bonds is 0. The molecule has 1 saturated carbocycles. The lowest BCUT2D eigenvalue weighted by Gasteiger charge is -2.50. The third-order valence-electron chi connectivity index (χ3n) is 5.08. The van der Waals surface area contributed by atoms with E-state index in [1.165, 1.54) is 19.3 Å². The van der Waals surface area contributed by atoms with Gasteiger partial charge in [-0.05, 0) is 49.9 Å². The molecule has 0 spiro atoms. The molecular weight excluding hydrogens is 194 g/mol. The third kappa shape index (κ3) is 1.59. The Morgan fingerprint density at radius 2 is 2.06 bits per heavy atom. The van der Waals surface area contributed by atoms with Gasteiger partial charge in [-0.3, -0.25) is 0 Å². The van der Waals surface area contributed by atoms with Crippen molar-refractivity contribution in [1.29, 1.82) is 5.26 Å². The standard InChI is InChI=1S/C15H23N/c1-11-13-12(6-5-8-14(13,2)3)7-9-15(11,4)10-16/h7,11,13H,5-6,8-9H2,1-4H3/t11-,13-,15+/m1/s1. The van der Waals surface area contributed by atoms with Gasteiger partial charge in [0.15, 0.2) is 0 Å². The summed E-state index contributed by atoms with van der Waals surface area (Å²) in [7, 11) is 0. The fraction of sp³-hybridized carbons (Fsp3) is 0.800. The van der Waals surface area contributed by atoms with Crippen molar-refractivity contribution in [2.45, 2.75) is 53.4 Å². The number of nitriles is 1. The first-order valence-corrected chi connectivity index (χ1v) is 6.51. The first kappa shape index (κ1) is 11.7. The van der Waals surface area contributed by atoms with E-state index in [-0.39, 0.29) is 5.41 Å². The zero-order chi connectivity index (χ0) is 12.0. The second-order valence-electron chi connectivity index (χ2n) is 6.62. The van der Waals surface area contributed by atoms with Crippen molar-refractivity contribution in [2.75, 3.05) is 0 Å². The summed E-state index contributed by atoms with van der Waals surface area (Å²) < 4.78 is 0. The highest BCUT2D eigenvalue weighted by molar-refractivity contribution is 5.24. The van der Waals surface area contributed by atoms with Crippen molar-refractivity contribution >= 4 is 0 Å². The van der Waals surface area contributed by atoms with Gasteiger partial charge in [-0.2, -0.15) is 5.26 Å². The van der Waals surface area contributed by atoms with Crippen molar-refractivity contribution in [1.82, 2.24) is 0 Å². The highest BCUT2D eigenvalue weighted by Gasteiger charge is 2.47. The van der Waals surface area contributed by atoms with Crippen molar-refractivity contribution in [2.24, 2.45) is 22.7 Å². The summed E-state index contributed by atoms with van der Waals surface area (Å²) in [4.78, 5) is 0. The van der Waals surface area contributed by atoms with Gasteiger partial charge in [-0.1, -0.05) is 32.4 Å². The number of hydrogen-bond acceptors (Lipinski definition) is 1. The van der Waals surface area contributed by atoms with E-state index in [1.54, 1.807) is 5.57 Å². The predicted octanol–water partition coefficient (Wildman–Crippen LogP) is 4.31. The van der Waals surface area contributed by atoms with E-state index in [4.69, 9.17) is 0 Å². The Morgan fingerprint density at radius 1 is 1.38 bits per heavy atom. The normalized spacial score (nSPS) is 41.8. The molecule has 3 atom stereocenters. The maximum Gasteiger partial charge on any atom is 0.0693 e. The molecule has 0 aromatic carbocycles. The quantitative estimate of drug-likeness (QED) is 0.555. The van der Waals surface area contributed by atoms with Crippen molar-refractivity contribution in [3.63, 3.8) is 0 Å². The number of allylic oxidation sites excluding steroid dienone is 2. The summed E-state index contributed by atoms with van der Waals surface area (Å²) in [6.07, 6.45) is 7.22. The Morgan fingerprint density at radius 3 is 2.69 bits per heavy atom. The molecule has 0 radical (unpaired) electrons. The monoisotopic (exact) mass is 217 g/mol. The van der Waals surface area contributed by atoms with Crippen molar-refractivity contribution in [3.05, 3.63) is 11.6 Å². The molecule has 2 rings (SSSR count). The van der Waals surface area contributed by atoms with E-state index in [0.29, 0.717) is 17.3 Å². The van der Waals surface area contributed by atoms with Crippen LogP contribution in [0.5, 0.6) is 0 Å². The van der Waals surface area contributed by atoms with E-state index in [0.717, 1.165) is 6.42 Å². The summed E-state index contributed by atoms with van der Waals surface area (Å²) in [5, 5.41) is 9.40. The van der Waals surface area contributed by atoms with Gasteiger partial charge in [0.05, 0.1) is 11.5 Å². The summed E-state index contributed by atoms with van der Waals surface area (Å²) >= 11 is 0. The van der Waals surface area contributed by atoms with Crippen molar-refractivity contribution < 1.29 is 0 Å². The second-order valence-corrected chi connectivity index (χ2v) is 6.62. The van der Waals surface area contributed by atoms with Crippen LogP contribution in [0.15, 0.2) is 11.6 Å². The van der Waals surface area contributed by atoms with Gasteiger partial charge < -0.3 is 0 Å². The minimum atomic E-state index is -0.150. The Balaban J connectivity index is 2.40. The van der Waals surface area contributed by atoms with E-state index in [9.17, 15) is 5.26 Å². The predicted molar refractivity (Wildman–Crippen MR) is 66.7 cm³/mol. The second kappa shape index (κ2) is 3.62. The molecule has 0 N–H and O–H groups in total. The lowest BCUT2D eigenvalue weighted by molar-refractivity contribution is 0.0707. The highest BCUT2D eigenvalue weighted by Crippen LogP contribution is 2.55. The molecule has 0 heterocycles. The average Bonchev–Trinajstić information content (AvgIpc) is 2.23. The lowest BCUT2D eigenvalue weighted by Crippen LogP contribution is -2.43. The summed E-state index contributed by atoms with van der Waals surface area (Å²) in [6, 6.07) is 2.56. The van der Waals surface area contributed by atoms with Gasteiger partial charge in [0.25, 0.3) is 0 Å². The molecule has 0 aromatic heterocycles. The summed E-state index contributed by atoms with van der Waals surface area (Å²) in [6.45, 7) is 9.18. The summed E-state index contributed by atoms with van der Waals surface area (Å²) in [5.74, 6) is 1.12. The maximum atomic E-state index is 9.40. The van der Waals surface area contributed by atoms with Gasteiger partial charge in [0.1, 0.15) is 0 Å². The van der Waals surface area contributed by atoms with Gasteiger partial charge in [-0.15, -0.1) is 0 Å². The van der Waals surface area contributed by atoms with Gasteiger partial charge in [0.2, 0.25) is 0 Å². The molecule has 1 heteroatoms. The Labute approximate surface area is 99.5 Å². The number of nitrogens with zero attached hydrogens (tertiary/aromatic N) is 1. The van der Waals surface area contributed by atoms with Gasteiger partial charge in [-0.25, -0.2) is 0 Å². The zero-order valence-corrected chi connectivity index (χ0v) is 11.0. The SMILES string of the molecule is C[C@@H]1[C@@H]2C(=CC[C@@]1(C)C#N)CCCC2(C)C. The van der Waals surface area contributed by atoms with Crippen LogP contribution in [-0.2, 0) is 0 Å². The minimum absolute atomic E-state index is 0.150. The van der Waals surface area contributed by atoms with Gasteiger partial charge in [0, 0.05) is 0 Å². The number of fused-ring (bicyclic) bond motifs is 1. The van der Waals surface area contributed by atoms with Crippen LogP contribution in [0.25, 0.3) is 0 Å². The first-order chi connectivity index (χ1) is 7.41. The smallest absolute Gasteiger partial charge is 0.0693 e. The third-order valence-corrected chi connectivity index (χ3v) is 5.08. The fourth-order valence-electron chi connectivity index (χ4n) is 3.83. The molecule has 88 valence electrons. The molecule has 1 nitrogen and oxygen atoms in total. The highest BCUT2D eigenvalue weighted by atomic mass is 14.5. The molecule has 2 aliphatic rings. The zero-order valence-electron chi connectivity index (χ0n) is 11.0. The molecule has 0 amide bonds. The average molecular weight is 217 g/mol. The fourth-order valence-corrected chi connectivity index (χ4v) is 3.83. The van der Waals surface area contributed by atoms with Crippen LogP contribution in [0.1, 0.15) is 53.4 Å². The first-order valence-electron chi connectivity index (χ1n) is 6.51. The van der Waals surface area contributed by atoms with E-state index in [2.05, 4.69) is 39.8 Å². The molecule has 16 heavy (non-hydrogen) atoms. The molecule has 2 aliphatic carbocycles. The molecule has 0 bridgehead atoms. The van der Waals surface area contributed by atoms with Crippen LogP contribution >= 0.6 is 0 Å². The molecular formula is C15H23N. The molecule has 0 aliphatic heterocycles. The largest absolute Gasteiger partial charge is 0.198 e. The Hall–Kier alpha value is -0.770. The van der Waals surface area contributed by atoms with Crippen LogP contribution in [0.4, 0.5) is 0 Å². The van der Waals surface area contributed by atoms with Crippen LogP contribution in [0.3, 0.4) is 0 Å². The lowest BCUT2D eigenvalue weighted by atomic mass is 9.53. The Kier molecular flexibility index (Phi) is 2.65. The van der Waals surface area contributed by atoms with E-state index in [1.807, 2.05) is 0 Å². The summed E-state index contributed by atoms with van der Waals surface area (Å²) in [5.41, 5.74) is 1.86. The van der Waals surface area contributed by atoms with Crippen LogP contribution in [0.2, 0.25) is 0 Å². The molecule has 1 fully saturated rings. The molecule has 0 saturated heterocycles. The maximum absolute atomic E-state index is 9.40. The minimum Gasteiger partial charge on any atom is -0.198 e. The molecule has 0 unspecified atom stereocenters. The van der Waals surface area contributed by atoms with Crippen LogP contribution in [0, 0.1) is 34.0 Å². The van der Waals surface area contributed by atoms with E-state index >= 15 is 0 Å². The Bertz CT molecular complexity index is 358. The van der Waals surface area contributed by atoms with Crippen LogP contribution < -0.4 is 0 Å². The van der Waals surface area contributed by atoms with Crippen LogP contribution in [-0.4, -0.2) is 0 Å². The molecule has 0 aromatic rings. The van der Waals surface area contributed by atoms with Gasteiger partial charge >= 0.3 is 0 Å². The number of hydrogen-bond donors (Lipinski definition) is 0. The van der Waals surface area contributed by atoms with Crippen molar-refractivity contribution in [3.8, 4) is 6.07 Å². The topological polar surface area (TPSA) is 23.8 Å². The van der Waals surface area contributed by atoms with E-state index < -0.39 is 0 Å².